The average molecular weight is 304 g/mol. The Hall–Kier alpha value is -0.850. The van der Waals surface area contributed by atoms with Crippen molar-refractivity contribution in [1.29, 1.82) is 0 Å². The van der Waals surface area contributed by atoms with Crippen molar-refractivity contribution in [2.45, 2.75) is 12.2 Å². The van der Waals surface area contributed by atoms with E-state index in [-0.39, 0.29) is 12.7 Å². The van der Waals surface area contributed by atoms with Gasteiger partial charge in [0.05, 0.1) is 17.7 Å². The summed E-state index contributed by atoms with van der Waals surface area (Å²) in [7, 11) is 3.25. The summed E-state index contributed by atoms with van der Waals surface area (Å²) in [4.78, 5) is 0. The summed E-state index contributed by atoms with van der Waals surface area (Å²) in [6.07, 6.45) is -0.650. The maximum atomic E-state index is 9.81. The third kappa shape index (κ3) is 6.54. The molecule has 0 aliphatic rings. The van der Waals surface area contributed by atoms with Crippen LogP contribution >= 0.6 is 11.6 Å². The molecule has 5 nitrogen and oxygen atoms in total. The molecule has 2 N–H and O–H groups in total. The third-order valence-electron chi connectivity index (χ3n) is 2.71. The minimum Gasteiger partial charge on any atom is -0.489 e. The van der Waals surface area contributed by atoms with Crippen molar-refractivity contribution in [3.8, 4) is 5.75 Å². The molecule has 2 atom stereocenters. The smallest absolute Gasteiger partial charge is 0.138 e. The number of rotatable bonds is 10. The van der Waals surface area contributed by atoms with Crippen LogP contribution in [0.5, 0.6) is 5.75 Å². The largest absolute Gasteiger partial charge is 0.489 e. The first-order chi connectivity index (χ1) is 9.67. The lowest BCUT2D eigenvalue weighted by Crippen LogP contribution is -2.38. The highest BCUT2D eigenvalue weighted by Crippen LogP contribution is 2.22. The number of ether oxygens (including phenoxy) is 3. The van der Waals surface area contributed by atoms with Gasteiger partial charge >= 0.3 is 0 Å². The van der Waals surface area contributed by atoms with Gasteiger partial charge in [0, 0.05) is 27.3 Å². The highest BCUT2D eigenvalue weighted by Gasteiger charge is 2.10. The summed E-state index contributed by atoms with van der Waals surface area (Å²) in [6.45, 7) is 1.70. The van der Waals surface area contributed by atoms with Crippen LogP contribution in [0.1, 0.15) is 0 Å². The third-order valence-corrected chi connectivity index (χ3v) is 3.02. The zero-order chi connectivity index (χ0) is 14.8. The Morgan fingerprint density at radius 2 is 1.95 bits per heavy atom. The molecule has 6 heteroatoms. The van der Waals surface area contributed by atoms with Gasteiger partial charge in [0.2, 0.25) is 0 Å². The lowest BCUT2D eigenvalue weighted by molar-refractivity contribution is 0.0257. The Morgan fingerprint density at radius 3 is 2.60 bits per heavy atom. The molecule has 0 aromatic heterocycles. The highest BCUT2D eigenvalue weighted by atomic mass is 35.5. The van der Waals surface area contributed by atoms with E-state index in [9.17, 15) is 5.11 Å². The molecule has 0 aliphatic carbocycles. The Morgan fingerprint density at radius 1 is 1.20 bits per heavy atom. The maximum absolute atomic E-state index is 9.81. The Balaban J connectivity index is 2.20. The van der Waals surface area contributed by atoms with Crippen molar-refractivity contribution in [3.63, 3.8) is 0 Å². The quantitative estimate of drug-likeness (QED) is 0.683. The first-order valence-corrected chi connectivity index (χ1v) is 6.83. The SMILES string of the molecule is COCC(CNCC(O)COc1ccccc1Cl)OC. The van der Waals surface area contributed by atoms with Crippen molar-refractivity contribution in [2.24, 2.45) is 0 Å². The van der Waals surface area contributed by atoms with E-state index in [4.69, 9.17) is 25.8 Å². The van der Waals surface area contributed by atoms with Crippen LogP contribution in [0.3, 0.4) is 0 Å². The number of methoxy groups -OCH3 is 2. The van der Waals surface area contributed by atoms with Crippen LogP contribution in [-0.4, -0.2) is 57.8 Å². The summed E-state index contributed by atoms with van der Waals surface area (Å²) in [6, 6.07) is 7.17. The molecule has 1 aromatic carbocycles. The molecule has 2 unspecified atom stereocenters. The molecule has 0 saturated carbocycles. The molecule has 1 rings (SSSR count). The minimum absolute atomic E-state index is 0.0308. The van der Waals surface area contributed by atoms with Gasteiger partial charge in [-0.15, -0.1) is 0 Å². The summed E-state index contributed by atoms with van der Waals surface area (Å²) in [5.74, 6) is 0.572. The van der Waals surface area contributed by atoms with Crippen LogP contribution in [0.2, 0.25) is 5.02 Å². The number of hydrogen-bond acceptors (Lipinski definition) is 5. The van der Waals surface area contributed by atoms with Crippen LogP contribution in [-0.2, 0) is 9.47 Å². The Bertz CT molecular complexity index is 378. The number of halogens is 1. The van der Waals surface area contributed by atoms with Gasteiger partial charge in [-0.2, -0.15) is 0 Å². The second-order valence-electron chi connectivity index (χ2n) is 4.37. The lowest BCUT2D eigenvalue weighted by Gasteiger charge is -2.17. The molecular formula is C14H22ClNO4. The molecule has 0 spiro atoms. The monoisotopic (exact) mass is 303 g/mol. The number of benzene rings is 1. The van der Waals surface area contributed by atoms with Gasteiger partial charge in [0.25, 0.3) is 0 Å². The average Bonchev–Trinajstić information content (AvgIpc) is 2.45. The van der Waals surface area contributed by atoms with Gasteiger partial charge in [-0.25, -0.2) is 0 Å². The number of aliphatic hydroxyl groups excluding tert-OH is 1. The van der Waals surface area contributed by atoms with Gasteiger partial charge in [0.15, 0.2) is 0 Å². The van der Waals surface area contributed by atoms with Crippen molar-refractivity contribution in [3.05, 3.63) is 29.3 Å². The fourth-order valence-corrected chi connectivity index (χ4v) is 1.80. The van der Waals surface area contributed by atoms with Gasteiger partial charge in [0.1, 0.15) is 18.5 Å². The zero-order valence-corrected chi connectivity index (χ0v) is 12.6. The van der Waals surface area contributed by atoms with Crippen LogP contribution in [0, 0.1) is 0 Å². The zero-order valence-electron chi connectivity index (χ0n) is 11.8. The summed E-state index contributed by atoms with van der Waals surface area (Å²) in [5, 5.41) is 13.5. The molecule has 0 aliphatic heterocycles. The van der Waals surface area contributed by atoms with Gasteiger partial charge in [-0.3, -0.25) is 0 Å². The fraction of sp³-hybridized carbons (Fsp3) is 0.571. The molecule has 114 valence electrons. The van der Waals surface area contributed by atoms with E-state index >= 15 is 0 Å². The fourth-order valence-electron chi connectivity index (χ4n) is 1.61. The second-order valence-corrected chi connectivity index (χ2v) is 4.77. The normalized spacial score (nSPS) is 14.0. The van der Waals surface area contributed by atoms with Crippen LogP contribution < -0.4 is 10.1 Å². The Kier molecular flexibility index (Phi) is 8.57. The number of nitrogens with one attached hydrogen (secondary N) is 1. The van der Waals surface area contributed by atoms with Gasteiger partial charge < -0.3 is 24.6 Å². The van der Waals surface area contributed by atoms with E-state index in [1.165, 1.54) is 0 Å². The molecule has 1 aromatic rings. The number of para-hydroxylation sites is 1. The van der Waals surface area contributed by atoms with E-state index in [1.807, 2.05) is 12.1 Å². The second kappa shape index (κ2) is 9.96. The molecular weight excluding hydrogens is 282 g/mol. The maximum Gasteiger partial charge on any atom is 0.138 e. The predicted molar refractivity (Wildman–Crippen MR) is 78.5 cm³/mol. The predicted octanol–water partition coefficient (Wildman–Crippen LogP) is 1.33. The molecule has 0 radical (unpaired) electrons. The van der Waals surface area contributed by atoms with Crippen molar-refractivity contribution < 1.29 is 19.3 Å². The van der Waals surface area contributed by atoms with Crippen LogP contribution in [0.25, 0.3) is 0 Å². The van der Waals surface area contributed by atoms with Crippen LogP contribution in [0.4, 0.5) is 0 Å². The summed E-state index contributed by atoms with van der Waals surface area (Å²) < 4.78 is 15.7. The molecule has 20 heavy (non-hydrogen) atoms. The number of hydrogen-bond donors (Lipinski definition) is 2. The molecule has 0 saturated heterocycles. The van der Waals surface area contributed by atoms with E-state index in [1.54, 1.807) is 26.4 Å². The highest BCUT2D eigenvalue weighted by molar-refractivity contribution is 6.32. The van der Waals surface area contributed by atoms with E-state index in [2.05, 4.69) is 5.32 Å². The molecule has 0 heterocycles. The first kappa shape index (κ1) is 17.2. The van der Waals surface area contributed by atoms with E-state index in [0.717, 1.165) is 0 Å². The number of aliphatic hydroxyl groups is 1. The van der Waals surface area contributed by atoms with Gasteiger partial charge in [-0.1, -0.05) is 23.7 Å². The van der Waals surface area contributed by atoms with E-state index in [0.29, 0.717) is 30.5 Å². The Labute approximate surface area is 124 Å². The minimum atomic E-state index is -0.619. The van der Waals surface area contributed by atoms with Gasteiger partial charge in [-0.05, 0) is 12.1 Å². The summed E-state index contributed by atoms with van der Waals surface area (Å²) >= 11 is 5.95. The standard InChI is InChI=1S/C14H22ClNO4/c1-18-10-12(19-2)8-16-7-11(17)9-20-14-6-4-3-5-13(14)15/h3-6,11-12,16-17H,7-10H2,1-2H3. The first-order valence-electron chi connectivity index (χ1n) is 6.45. The molecule has 0 bridgehead atoms. The summed E-state index contributed by atoms with van der Waals surface area (Å²) in [5.41, 5.74) is 0. The van der Waals surface area contributed by atoms with E-state index < -0.39 is 6.10 Å². The van der Waals surface area contributed by atoms with Crippen molar-refractivity contribution in [1.82, 2.24) is 5.32 Å². The van der Waals surface area contributed by atoms with Crippen LogP contribution in [0.15, 0.2) is 24.3 Å². The topological polar surface area (TPSA) is 60.0 Å². The van der Waals surface area contributed by atoms with Crippen molar-refractivity contribution >= 4 is 11.6 Å². The van der Waals surface area contributed by atoms with Crippen molar-refractivity contribution in [2.75, 3.05) is 40.5 Å². The lowest BCUT2D eigenvalue weighted by atomic mass is 10.3. The molecule has 0 fully saturated rings. The molecule has 0 amide bonds.